The van der Waals surface area contributed by atoms with Gasteiger partial charge in [0.15, 0.2) is 0 Å². The maximum absolute atomic E-state index is 6.03. The summed E-state index contributed by atoms with van der Waals surface area (Å²) in [4.78, 5) is 4.44. The summed E-state index contributed by atoms with van der Waals surface area (Å²) < 4.78 is 6.03. The number of aromatic nitrogens is 1. The fraction of sp³-hybridized carbons (Fsp3) is 0.538. The number of pyridine rings is 1. The van der Waals surface area contributed by atoms with E-state index in [1.807, 2.05) is 6.07 Å². The van der Waals surface area contributed by atoms with E-state index in [1.165, 1.54) is 19.3 Å². The van der Waals surface area contributed by atoms with Crippen LogP contribution < -0.4 is 10.5 Å². The lowest BCUT2D eigenvalue weighted by Gasteiger charge is -2.29. The number of rotatable bonds is 3. The van der Waals surface area contributed by atoms with E-state index in [1.54, 1.807) is 12.4 Å². The average molecular weight is 250 g/mol. The van der Waals surface area contributed by atoms with Crippen LogP contribution >= 0.6 is 12.2 Å². The highest BCUT2D eigenvalue weighted by atomic mass is 32.1. The van der Waals surface area contributed by atoms with E-state index in [0.29, 0.717) is 10.9 Å². The number of nitrogens with zero attached hydrogens (tertiary/aromatic N) is 1. The Balaban J connectivity index is 2.14. The maximum Gasteiger partial charge on any atom is 0.148 e. The third kappa shape index (κ3) is 2.94. The number of ether oxygens (including phenoxy) is 1. The van der Waals surface area contributed by atoms with Crippen molar-refractivity contribution < 1.29 is 4.74 Å². The van der Waals surface area contributed by atoms with Crippen molar-refractivity contribution in [1.82, 2.24) is 4.98 Å². The molecule has 0 spiro atoms. The Morgan fingerprint density at radius 1 is 1.47 bits per heavy atom. The number of thiocarbonyl (C=S) groups is 1. The van der Waals surface area contributed by atoms with Crippen LogP contribution in [0.1, 0.15) is 38.2 Å². The molecule has 2 atom stereocenters. The van der Waals surface area contributed by atoms with Crippen molar-refractivity contribution >= 4 is 17.2 Å². The van der Waals surface area contributed by atoms with Crippen molar-refractivity contribution in [3.05, 3.63) is 24.0 Å². The Morgan fingerprint density at radius 2 is 2.24 bits per heavy atom. The Bertz CT molecular complexity index is 408. The normalized spacial score (nSPS) is 24.3. The molecule has 3 nitrogen and oxygen atoms in total. The zero-order valence-electron chi connectivity index (χ0n) is 10.1. The molecule has 1 fully saturated rings. The summed E-state index contributed by atoms with van der Waals surface area (Å²) in [5, 5.41) is 0. The zero-order chi connectivity index (χ0) is 12.3. The van der Waals surface area contributed by atoms with Crippen molar-refractivity contribution in [2.75, 3.05) is 0 Å². The van der Waals surface area contributed by atoms with Crippen LogP contribution in [0.25, 0.3) is 0 Å². The van der Waals surface area contributed by atoms with Gasteiger partial charge in [-0.2, -0.15) is 0 Å². The minimum Gasteiger partial charge on any atom is -0.488 e. The fourth-order valence-corrected chi connectivity index (χ4v) is 2.47. The van der Waals surface area contributed by atoms with Gasteiger partial charge in [-0.25, -0.2) is 0 Å². The van der Waals surface area contributed by atoms with E-state index in [0.717, 1.165) is 17.7 Å². The van der Waals surface area contributed by atoms with E-state index >= 15 is 0 Å². The topological polar surface area (TPSA) is 48.1 Å². The van der Waals surface area contributed by atoms with Gasteiger partial charge >= 0.3 is 0 Å². The Hall–Kier alpha value is -1.16. The largest absolute Gasteiger partial charge is 0.488 e. The van der Waals surface area contributed by atoms with Crippen LogP contribution in [0, 0.1) is 5.92 Å². The predicted molar refractivity (Wildman–Crippen MR) is 72.2 cm³/mol. The Morgan fingerprint density at radius 3 is 2.94 bits per heavy atom. The lowest BCUT2D eigenvalue weighted by atomic mass is 9.88. The molecule has 2 rings (SSSR count). The SMILES string of the molecule is CC1CCCCC1Oc1cnccc1C(N)=S. The molecule has 1 saturated carbocycles. The van der Waals surface area contributed by atoms with Gasteiger partial charge in [-0.1, -0.05) is 25.6 Å². The first-order valence-electron chi connectivity index (χ1n) is 6.09. The van der Waals surface area contributed by atoms with Gasteiger partial charge in [0.05, 0.1) is 11.8 Å². The third-order valence-corrected chi connectivity index (χ3v) is 3.58. The lowest BCUT2D eigenvalue weighted by molar-refractivity contribution is 0.102. The van der Waals surface area contributed by atoms with Gasteiger partial charge in [0.2, 0.25) is 0 Å². The molecule has 92 valence electrons. The second kappa shape index (κ2) is 5.45. The molecule has 0 aliphatic heterocycles. The molecule has 1 aromatic rings. The molecule has 0 bridgehead atoms. The molecular weight excluding hydrogens is 232 g/mol. The van der Waals surface area contributed by atoms with E-state index in [9.17, 15) is 0 Å². The summed E-state index contributed by atoms with van der Waals surface area (Å²) in [6, 6.07) is 1.81. The third-order valence-electron chi connectivity index (χ3n) is 3.36. The Labute approximate surface area is 107 Å². The maximum atomic E-state index is 6.03. The van der Waals surface area contributed by atoms with Gasteiger partial charge in [-0.3, -0.25) is 4.98 Å². The predicted octanol–water partition coefficient (Wildman–Crippen LogP) is 2.67. The first-order chi connectivity index (χ1) is 8.18. The molecular formula is C13H18N2OS. The minimum absolute atomic E-state index is 0.265. The van der Waals surface area contributed by atoms with Crippen molar-refractivity contribution in [2.24, 2.45) is 11.7 Å². The summed E-state index contributed by atoms with van der Waals surface area (Å²) in [5.41, 5.74) is 6.46. The highest BCUT2D eigenvalue weighted by molar-refractivity contribution is 7.80. The molecule has 0 radical (unpaired) electrons. The van der Waals surface area contributed by atoms with Crippen LogP contribution in [0.5, 0.6) is 5.75 Å². The smallest absolute Gasteiger partial charge is 0.148 e. The standard InChI is InChI=1S/C13H18N2OS/c1-9-4-2-3-5-11(9)16-12-8-15-7-6-10(12)13(14)17/h6-9,11H,2-5H2,1H3,(H2,14,17). The molecule has 1 aliphatic rings. The monoisotopic (exact) mass is 250 g/mol. The van der Waals surface area contributed by atoms with Gasteiger partial charge in [0.1, 0.15) is 16.8 Å². The molecule has 0 amide bonds. The van der Waals surface area contributed by atoms with Crippen molar-refractivity contribution in [3.63, 3.8) is 0 Å². The quantitative estimate of drug-likeness (QED) is 0.838. The van der Waals surface area contributed by atoms with Gasteiger partial charge in [0, 0.05) is 6.20 Å². The van der Waals surface area contributed by atoms with E-state index in [2.05, 4.69) is 11.9 Å². The van der Waals surface area contributed by atoms with Crippen LogP contribution in [-0.4, -0.2) is 16.1 Å². The summed E-state index contributed by atoms with van der Waals surface area (Å²) in [5.74, 6) is 1.31. The molecule has 1 aromatic heterocycles. The molecule has 2 N–H and O–H groups in total. The van der Waals surface area contributed by atoms with Crippen molar-refractivity contribution in [2.45, 2.75) is 38.7 Å². The molecule has 2 unspecified atom stereocenters. The number of hydrogen-bond acceptors (Lipinski definition) is 3. The molecule has 1 heterocycles. The van der Waals surface area contributed by atoms with E-state index in [-0.39, 0.29) is 6.10 Å². The highest BCUT2D eigenvalue weighted by Crippen LogP contribution is 2.29. The van der Waals surface area contributed by atoms with Crippen LogP contribution in [0.15, 0.2) is 18.5 Å². The van der Waals surface area contributed by atoms with Crippen LogP contribution in [0.2, 0.25) is 0 Å². The van der Waals surface area contributed by atoms with E-state index in [4.69, 9.17) is 22.7 Å². The summed E-state index contributed by atoms with van der Waals surface area (Å²) in [7, 11) is 0. The molecule has 0 aromatic carbocycles. The molecule has 1 aliphatic carbocycles. The van der Waals surface area contributed by atoms with Crippen molar-refractivity contribution in [1.29, 1.82) is 0 Å². The molecule has 4 heteroatoms. The average Bonchev–Trinajstić information content (AvgIpc) is 2.32. The fourth-order valence-electron chi connectivity index (χ4n) is 2.30. The molecule has 17 heavy (non-hydrogen) atoms. The minimum atomic E-state index is 0.265. The summed E-state index contributed by atoms with van der Waals surface area (Å²) in [6.07, 6.45) is 8.52. The van der Waals surface area contributed by atoms with Gasteiger partial charge in [-0.05, 0) is 31.2 Å². The second-order valence-electron chi connectivity index (χ2n) is 4.65. The summed E-state index contributed by atoms with van der Waals surface area (Å²) in [6.45, 7) is 2.24. The van der Waals surface area contributed by atoms with Crippen LogP contribution in [-0.2, 0) is 0 Å². The van der Waals surface area contributed by atoms with Gasteiger partial charge < -0.3 is 10.5 Å². The number of hydrogen-bond donors (Lipinski definition) is 1. The first-order valence-corrected chi connectivity index (χ1v) is 6.50. The van der Waals surface area contributed by atoms with Crippen molar-refractivity contribution in [3.8, 4) is 5.75 Å². The summed E-state index contributed by atoms with van der Waals surface area (Å²) >= 11 is 5.02. The van der Waals surface area contributed by atoms with Crippen LogP contribution in [0.4, 0.5) is 0 Å². The Kier molecular flexibility index (Phi) is 3.94. The number of nitrogens with two attached hydrogens (primary N) is 1. The van der Waals surface area contributed by atoms with Crippen LogP contribution in [0.3, 0.4) is 0 Å². The van der Waals surface area contributed by atoms with Gasteiger partial charge in [-0.15, -0.1) is 0 Å². The lowest BCUT2D eigenvalue weighted by Crippen LogP contribution is -2.29. The van der Waals surface area contributed by atoms with Gasteiger partial charge in [0.25, 0.3) is 0 Å². The molecule has 0 saturated heterocycles. The van der Waals surface area contributed by atoms with E-state index < -0.39 is 0 Å². The highest BCUT2D eigenvalue weighted by Gasteiger charge is 2.23. The zero-order valence-corrected chi connectivity index (χ0v) is 10.9. The second-order valence-corrected chi connectivity index (χ2v) is 5.09. The first kappa shape index (κ1) is 12.3.